The van der Waals surface area contributed by atoms with Crippen LogP contribution < -0.4 is 15.1 Å². The van der Waals surface area contributed by atoms with Crippen molar-refractivity contribution in [1.82, 2.24) is 15.3 Å². The molecule has 0 saturated carbocycles. The van der Waals surface area contributed by atoms with Gasteiger partial charge < -0.3 is 19.9 Å². The third kappa shape index (κ3) is 5.66. The second kappa shape index (κ2) is 11.6. The zero-order valence-electron chi connectivity index (χ0n) is 22.8. The Morgan fingerprint density at radius 3 is 2.39 bits per heavy atom. The highest BCUT2D eigenvalue weighted by molar-refractivity contribution is 5.94. The van der Waals surface area contributed by atoms with E-state index in [0.717, 1.165) is 55.7 Å². The summed E-state index contributed by atoms with van der Waals surface area (Å²) in [7, 11) is 0. The summed E-state index contributed by atoms with van der Waals surface area (Å²) in [5.41, 5.74) is 2.63. The van der Waals surface area contributed by atoms with Crippen LogP contribution in [0.4, 0.5) is 11.5 Å². The van der Waals surface area contributed by atoms with E-state index >= 15 is 0 Å². The fraction of sp³-hybridized carbons (Fsp3) is 0.621. The lowest BCUT2D eigenvalue weighted by Gasteiger charge is -2.34. The number of morpholine rings is 1. The molecule has 36 heavy (non-hydrogen) atoms. The van der Waals surface area contributed by atoms with Crippen LogP contribution in [0.1, 0.15) is 81.8 Å². The second-order valence-corrected chi connectivity index (χ2v) is 10.6. The summed E-state index contributed by atoms with van der Waals surface area (Å²) in [6.45, 7) is 16.4. The number of ether oxygens (including phenoxy) is 1. The molecular weight excluding hydrogens is 450 g/mol. The summed E-state index contributed by atoms with van der Waals surface area (Å²) < 4.78 is 5.44. The summed E-state index contributed by atoms with van der Waals surface area (Å²) in [4.78, 5) is 27.5. The molecule has 0 aliphatic carbocycles. The van der Waals surface area contributed by atoms with Gasteiger partial charge in [0.25, 0.3) is 5.91 Å². The van der Waals surface area contributed by atoms with Gasteiger partial charge in [-0.25, -0.2) is 9.97 Å². The quantitative estimate of drug-likeness (QED) is 0.548. The minimum Gasteiger partial charge on any atom is -0.378 e. The maximum absolute atomic E-state index is 13.1. The van der Waals surface area contributed by atoms with E-state index in [-0.39, 0.29) is 11.9 Å². The highest BCUT2D eigenvalue weighted by atomic mass is 16.5. The van der Waals surface area contributed by atoms with Crippen molar-refractivity contribution in [2.45, 2.75) is 78.9 Å². The van der Waals surface area contributed by atoms with Gasteiger partial charge in [0.05, 0.1) is 24.9 Å². The highest BCUT2D eigenvalue weighted by Crippen LogP contribution is 2.40. The highest BCUT2D eigenvalue weighted by Gasteiger charge is 2.41. The van der Waals surface area contributed by atoms with Gasteiger partial charge in [-0.05, 0) is 62.8 Å². The van der Waals surface area contributed by atoms with Gasteiger partial charge in [-0.2, -0.15) is 0 Å². The van der Waals surface area contributed by atoms with Gasteiger partial charge in [-0.1, -0.05) is 34.1 Å². The van der Waals surface area contributed by atoms with Crippen molar-refractivity contribution < 1.29 is 9.53 Å². The lowest BCUT2D eigenvalue weighted by atomic mass is 9.92. The van der Waals surface area contributed by atoms with Gasteiger partial charge in [-0.15, -0.1) is 0 Å². The molecule has 196 valence electrons. The standard InChI is InChI=1S/C29H43N5O2/c1-7-22-17-27(19(3)4)34(26(22)8-2)28-18-25(31-21(6)32-28)20(5)30-29(35)23-9-11-24(12-10-23)33-13-15-36-16-14-33/h9-12,18-20,22,26-27H,7-8,13-17H2,1-6H3,(H,30,35)/t20-,22?,26?,27?/m1/s1. The van der Waals surface area contributed by atoms with Gasteiger partial charge in [0, 0.05) is 42.5 Å². The Labute approximate surface area is 216 Å². The number of benzene rings is 1. The van der Waals surface area contributed by atoms with Crippen LogP contribution >= 0.6 is 0 Å². The van der Waals surface area contributed by atoms with Crippen LogP contribution in [0.25, 0.3) is 0 Å². The molecule has 0 bridgehead atoms. The van der Waals surface area contributed by atoms with Gasteiger partial charge in [-0.3, -0.25) is 4.79 Å². The fourth-order valence-corrected chi connectivity index (χ4v) is 5.88. The van der Waals surface area contributed by atoms with E-state index in [0.29, 0.717) is 29.5 Å². The normalized spacial score (nSPS) is 23.2. The van der Waals surface area contributed by atoms with Gasteiger partial charge in [0.15, 0.2) is 0 Å². The van der Waals surface area contributed by atoms with Crippen LogP contribution in [0, 0.1) is 18.8 Å². The smallest absolute Gasteiger partial charge is 0.251 e. The van der Waals surface area contributed by atoms with Gasteiger partial charge in [0.2, 0.25) is 0 Å². The number of rotatable bonds is 8. The first-order chi connectivity index (χ1) is 17.3. The molecule has 2 fully saturated rings. The van der Waals surface area contributed by atoms with Crippen molar-refractivity contribution in [3.63, 3.8) is 0 Å². The van der Waals surface area contributed by atoms with E-state index in [4.69, 9.17) is 14.7 Å². The summed E-state index contributed by atoms with van der Waals surface area (Å²) >= 11 is 0. The zero-order valence-corrected chi connectivity index (χ0v) is 22.8. The average molecular weight is 494 g/mol. The molecule has 7 heteroatoms. The first-order valence-electron chi connectivity index (χ1n) is 13.7. The number of nitrogens with one attached hydrogen (secondary N) is 1. The summed E-state index contributed by atoms with van der Waals surface area (Å²) in [5, 5.41) is 3.15. The summed E-state index contributed by atoms with van der Waals surface area (Å²) in [6, 6.07) is 10.7. The minimum atomic E-state index is -0.223. The van der Waals surface area contributed by atoms with Crippen molar-refractivity contribution in [2.75, 3.05) is 36.1 Å². The molecule has 2 saturated heterocycles. The molecule has 1 aromatic carbocycles. The molecular formula is C29H43N5O2. The van der Waals surface area contributed by atoms with Gasteiger partial charge >= 0.3 is 0 Å². The van der Waals surface area contributed by atoms with Crippen molar-refractivity contribution >= 4 is 17.4 Å². The van der Waals surface area contributed by atoms with Crippen molar-refractivity contribution in [3.05, 3.63) is 47.4 Å². The van der Waals surface area contributed by atoms with E-state index in [1.54, 1.807) is 0 Å². The van der Waals surface area contributed by atoms with Crippen molar-refractivity contribution in [1.29, 1.82) is 0 Å². The summed E-state index contributed by atoms with van der Waals surface area (Å²) in [5.74, 6) is 2.88. The predicted molar refractivity (Wildman–Crippen MR) is 146 cm³/mol. The fourth-order valence-electron chi connectivity index (χ4n) is 5.88. The molecule has 3 unspecified atom stereocenters. The van der Waals surface area contributed by atoms with E-state index < -0.39 is 0 Å². The number of hydrogen-bond donors (Lipinski definition) is 1. The van der Waals surface area contributed by atoms with Crippen LogP contribution in [0.2, 0.25) is 0 Å². The molecule has 2 aromatic rings. The lowest BCUT2D eigenvalue weighted by molar-refractivity contribution is 0.0939. The molecule has 1 aromatic heterocycles. The van der Waals surface area contributed by atoms with Crippen LogP contribution in [-0.2, 0) is 4.74 Å². The number of hydrogen-bond acceptors (Lipinski definition) is 6. The Hall–Kier alpha value is -2.67. The topological polar surface area (TPSA) is 70.6 Å². The van der Waals surface area contributed by atoms with E-state index in [2.05, 4.69) is 48.9 Å². The number of carbonyl (C=O) groups is 1. The van der Waals surface area contributed by atoms with E-state index in [1.807, 2.05) is 38.1 Å². The molecule has 4 rings (SSSR count). The van der Waals surface area contributed by atoms with Crippen LogP contribution in [0.15, 0.2) is 30.3 Å². The number of carbonyl (C=O) groups excluding carboxylic acids is 1. The number of aryl methyl sites for hydroxylation is 1. The number of amides is 1. The maximum Gasteiger partial charge on any atom is 0.251 e. The number of aromatic nitrogens is 2. The maximum atomic E-state index is 13.1. The molecule has 0 spiro atoms. The molecule has 7 nitrogen and oxygen atoms in total. The van der Waals surface area contributed by atoms with E-state index in [9.17, 15) is 4.79 Å². The predicted octanol–water partition coefficient (Wildman–Crippen LogP) is 5.15. The second-order valence-electron chi connectivity index (χ2n) is 10.6. The first kappa shape index (κ1) is 26.4. The third-order valence-corrected chi connectivity index (χ3v) is 7.92. The lowest BCUT2D eigenvalue weighted by Crippen LogP contribution is -2.40. The molecule has 0 radical (unpaired) electrons. The van der Waals surface area contributed by atoms with Crippen LogP contribution in [0.3, 0.4) is 0 Å². The van der Waals surface area contributed by atoms with Crippen LogP contribution in [0.5, 0.6) is 0 Å². The molecule has 2 aliphatic rings. The van der Waals surface area contributed by atoms with Crippen LogP contribution in [-0.4, -0.2) is 54.3 Å². The van der Waals surface area contributed by atoms with E-state index in [1.165, 1.54) is 12.8 Å². The Balaban J connectivity index is 1.50. The number of nitrogens with zero attached hydrogens (tertiary/aromatic N) is 4. The molecule has 4 atom stereocenters. The minimum absolute atomic E-state index is 0.0902. The van der Waals surface area contributed by atoms with Crippen molar-refractivity contribution in [3.8, 4) is 0 Å². The van der Waals surface area contributed by atoms with Crippen molar-refractivity contribution in [2.24, 2.45) is 11.8 Å². The largest absolute Gasteiger partial charge is 0.378 e. The average Bonchev–Trinajstić information content (AvgIpc) is 3.28. The first-order valence-corrected chi connectivity index (χ1v) is 13.7. The third-order valence-electron chi connectivity index (χ3n) is 7.92. The molecule has 1 N–H and O–H groups in total. The Morgan fingerprint density at radius 1 is 1.08 bits per heavy atom. The summed E-state index contributed by atoms with van der Waals surface area (Å²) in [6.07, 6.45) is 3.50. The molecule has 2 aliphatic heterocycles. The number of anilines is 2. The van der Waals surface area contributed by atoms with Gasteiger partial charge in [0.1, 0.15) is 11.6 Å². The SMILES string of the molecule is CCC1CC(C(C)C)N(c2cc([C@@H](C)NC(=O)c3ccc(N4CCOCC4)cc3)nc(C)n2)C1CC. The Kier molecular flexibility index (Phi) is 8.50. The Morgan fingerprint density at radius 2 is 1.78 bits per heavy atom. The Bertz CT molecular complexity index is 1020. The zero-order chi connectivity index (χ0) is 25.8. The molecule has 3 heterocycles. The molecule has 1 amide bonds. The monoisotopic (exact) mass is 493 g/mol.